The van der Waals surface area contributed by atoms with E-state index < -0.39 is 11.5 Å². The van der Waals surface area contributed by atoms with Gasteiger partial charge in [0, 0.05) is 17.5 Å². The van der Waals surface area contributed by atoms with E-state index in [0.717, 1.165) is 10.9 Å². The van der Waals surface area contributed by atoms with Crippen molar-refractivity contribution in [3.8, 4) is 0 Å². The van der Waals surface area contributed by atoms with E-state index in [0.29, 0.717) is 5.69 Å². The number of nitrogens with zero attached hydrogens (tertiary/aromatic N) is 1. The van der Waals surface area contributed by atoms with Crippen LogP contribution in [0.25, 0.3) is 10.9 Å². The van der Waals surface area contributed by atoms with Crippen molar-refractivity contribution in [2.75, 3.05) is 0 Å². The molecule has 4 nitrogen and oxygen atoms in total. The molecular formula is C13H14N2O2. The Morgan fingerprint density at radius 3 is 2.76 bits per heavy atom. The van der Waals surface area contributed by atoms with Gasteiger partial charge in [0.1, 0.15) is 5.54 Å². The zero-order valence-corrected chi connectivity index (χ0v) is 9.55. The molecule has 4 heteroatoms. The minimum absolute atomic E-state index is 0.215. The minimum atomic E-state index is -1.28. The van der Waals surface area contributed by atoms with Crippen molar-refractivity contribution in [1.29, 1.82) is 0 Å². The summed E-state index contributed by atoms with van der Waals surface area (Å²) in [6, 6.07) is 11.4. The van der Waals surface area contributed by atoms with Crippen LogP contribution in [0.15, 0.2) is 36.4 Å². The summed E-state index contributed by atoms with van der Waals surface area (Å²) >= 11 is 0. The summed E-state index contributed by atoms with van der Waals surface area (Å²) in [6.45, 7) is 1.49. The third-order valence-electron chi connectivity index (χ3n) is 2.69. The third-order valence-corrected chi connectivity index (χ3v) is 2.69. The van der Waals surface area contributed by atoms with Crippen molar-refractivity contribution >= 4 is 16.9 Å². The fourth-order valence-corrected chi connectivity index (χ4v) is 1.66. The first-order valence-electron chi connectivity index (χ1n) is 5.36. The van der Waals surface area contributed by atoms with Crippen LogP contribution in [0.3, 0.4) is 0 Å². The lowest BCUT2D eigenvalue weighted by Crippen LogP contribution is -2.47. The summed E-state index contributed by atoms with van der Waals surface area (Å²) in [6.07, 6.45) is 0.215. The predicted octanol–water partition coefficient (Wildman–Crippen LogP) is 1.58. The molecule has 0 radical (unpaired) electrons. The maximum atomic E-state index is 10.9. The Bertz CT molecular complexity index is 564. The molecule has 1 aromatic carbocycles. The second-order valence-corrected chi connectivity index (χ2v) is 4.39. The second kappa shape index (κ2) is 4.14. The molecule has 0 bridgehead atoms. The number of hydrogen-bond acceptors (Lipinski definition) is 3. The minimum Gasteiger partial charge on any atom is -0.480 e. The average Bonchev–Trinajstić information content (AvgIpc) is 2.28. The summed E-state index contributed by atoms with van der Waals surface area (Å²) in [5.74, 6) is -1.02. The van der Waals surface area contributed by atoms with Gasteiger partial charge in [0.15, 0.2) is 0 Å². The van der Waals surface area contributed by atoms with E-state index in [1.165, 1.54) is 6.92 Å². The van der Waals surface area contributed by atoms with Crippen molar-refractivity contribution in [3.05, 3.63) is 42.1 Å². The van der Waals surface area contributed by atoms with Gasteiger partial charge in [-0.1, -0.05) is 24.3 Å². The fraction of sp³-hybridized carbons (Fsp3) is 0.231. The molecule has 1 unspecified atom stereocenters. The number of aromatic nitrogens is 1. The van der Waals surface area contributed by atoms with Gasteiger partial charge >= 0.3 is 5.97 Å². The van der Waals surface area contributed by atoms with Gasteiger partial charge < -0.3 is 10.8 Å². The summed E-state index contributed by atoms with van der Waals surface area (Å²) in [4.78, 5) is 15.3. The van der Waals surface area contributed by atoms with Crippen LogP contribution < -0.4 is 5.73 Å². The lowest BCUT2D eigenvalue weighted by Gasteiger charge is -2.18. The Morgan fingerprint density at radius 2 is 2.06 bits per heavy atom. The topological polar surface area (TPSA) is 76.2 Å². The highest BCUT2D eigenvalue weighted by Gasteiger charge is 2.28. The molecular weight excluding hydrogens is 216 g/mol. The monoisotopic (exact) mass is 230 g/mol. The average molecular weight is 230 g/mol. The molecule has 0 aliphatic carbocycles. The van der Waals surface area contributed by atoms with Crippen molar-refractivity contribution in [2.24, 2.45) is 5.73 Å². The van der Waals surface area contributed by atoms with Crippen LogP contribution in [-0.4, -0.2) is 21.6 Å². The summed E-state index contributed by atoms with van der Waals surface area (Å²) < 4.78 is 0. The van der Waals surface area contributed by atoms with Crippen molar-refractivity contribution < 1.29 is 9.90 Å². The maximum Gasteiger partial charge on any atom is 0.323 e. The molecule has 2 rings (SSSR count). The van der Waals surface area contributed by atoms with Gasteiger partial charge in [-0.15, -0.1) is 0 Å². The molecule has 0 aliphatic rings. The van der Waals surface area contributed by atoms with Crippen molar-refractivity contribution in [1.82, 2.24) is 4.98 Å². The van der Waals surface area contributed by atoms with E-state index in [1.807, 2.05) is 36.4 Å². The van der Waals surface area contributed by atoms with E-state index in [1.54, 1.807) is 0 Å². The van der Waals surface area contributed by atoms with Gasteiger partial charge in [0.05, 0.1) is 5.52 Å². The highest BCUT2D eigenvalue weighted by atomic mass is 16.4. The van der Waals surface area contributed by atoms with Crippen LogP contribution >= 0.6 is 0 Å². The lowest BCUT2D eigenvalue weighted by molar-refractivity contribution is -0.142. The van der Waals surface area contributed by atoms with Gasteiger partial charge in [0.2, 0.25) is 0 Å². The molecule has 1 heterocycles. The molecule has 17 heavy (non-hydrogen) atoms. The molecule has 0 amide bonds. The molecule has 0 saturated carbocycles. The number of carboxylic acid groups (broad SMARTS) is 1. The molecule has 3 N–H and O–H groups in total. The van der Waals surface area contributed by atoms with Crippen LogP contribution in [0, 0.1) is 0 Å². The number of nitrogens with two attached hydrogens (primary N) is 1. The number of fused-ring (bicyclic) bond motifs is 1. The van der Waals surface area contributed by atoms with E-state index >= 15 is 0 Å². The van der Waals surface area contributed by atoms with Gasteiger partial charge in [0.25, 0.3) is 0 Å². The van der Waals surface area contributed by atoms with E-state index in [-0.39, 0.29) is 6.42 Å². The Kier molecular flexibility index (Phi) is 2.81. The van der Waals surface area contributed by atoms with Crippen LogP contribution in [0.4, 0.5) is 0 Å². The van der Waals surface area contributed by atoms with Gasteiger partial charge in [-0.05, 0) is 19.1 Å². The quantitative estimate of drug-likeness (QED) is 0.839. The summed E-state index contributed by atoms with van der Waals surface area (Å²) in [7, 11) is 0. The van der Waals surface area contributed by atoms with E-state index in [9.17, 15) is 4.79 Å². The zero-order valence-electron chi connectivity index (χ0n) is 9.55. The first-order chi connectivity index (χ1) is 7.99. The van der Waals surface area contributed by atoms with Gasteiger partial charge in [-0.25, -0.2) is 0 Å². The summed E-state index contributed by atoms with van der Waals surface area (Å²) in [5, 5.41) is 10.00. The Morgan fingerprint density at radius 1 is 1.35 bits per heavy atom. The largest absolute Gasteiger partial charge is 0.480 e. The number of hydrogen-bond donors (Lipinski definition) is 2. The van der Waals surface area contributed by atoms with Crippen molar-refractivity contribution in [2.45, 2.75) is 18.9 Å². The SMILES string of the molecule is CC(N)(Cc1ccc2ccccc2n1)C(=O)O. The maximum absolute atomic E-state index is 10.9. The predicted molar refractivity (Wildman–Crippen MR) is 65.7 cm³/mol. The van der Waals surface area contributed by atoms with Crippen LogP contribution in [-0.2, 0) is 11.2 Å². The number of rotatable bonds is 3. The Labute approximate surface area is 99.1 Å². The first-order valence-corrected chi connectivity index (χ1v) is 5.36. The first kappa shape index (κ1) is 11.5. The molecule has 0 aliphatic heterocycles. The lowest BCUT2D eigenvalue weighted by atomic mass is 9.97. The highest BCUT2D eigenvalue weighted by molar-refractivity contribution is 5.80. The zero-order chi connectivity index (χ0) is 12.5. The molecule has 1 atom stereocenters. The van der Waals surface area contributed by atoms with Gasteiger partial charge in [-0.2, -0.15) is 0 Å². The smallest absolute Gasteiger partial charge is 0.323 e. The van der Waals surface area contributed by atoms with E-state index in [4.69, 9.17) is 10.8 Å². The van der Waals surface area contributed by atoms with Crippen LogP contribution in [0.2, 0.25) is 0 Å². The third kappa shape index (κ3) is 2.42. The molecule has 1 aromatic heterocycles. The standard InChI is InChI=1S/C13H14N2O2/c1-13(14,12(16)17)8-10-7-6-9-4-2-3-5-11(9)15-10/h2-7H,8,14H2,1H3,(H,16,17). The molecule has 2 aromatic rings. The number of benzene rings is 1. The second-order valence-electron chi connectivity index (χ2n) is 4.39. The highest BCUT2D eigenvalue weighted by Crippen LogP contribution is 2.15. The summed E-state index contributed by atoms with van der Waals surface area (Å²) in [5.41, 5.74) is 5.96. The molecule has 0 fully saturated rings. The number of carboxylic acids is 1. The van der Waals surface area contributed by atoms with E-state index in [2.05, 4.69) is 4.98 Å². The Hall–Kier alpha value is -1.94. The number of pyridine rings is 1. The number of aliphatic carboxylic acids is 1. The van der Waals surface area contributed by atoms with Crippen molar-refractivity contribution in [3.63, 3.8) is 0 Å². The number of para-hydroxylation sites is 1. The fourth-order valence-electron chi connectivity index (χ4n) is 1.66. The Balaban J connectivity index is 2.34. The number of carbonyl (C=O) groups is 1. The molecule has 0 spiro atoms. The normalized spacial score (nSPS) is 14.5. The molecule has 0 saturated heterocycles. The van der Waals surface area contributed by atoms with Crippen LogP contribution in [0.1, 0.15) is 12.6 Å². The molecule has 88 valence electrons. The van der Waals surface area contributed by atoms with Gasteiger partial charge in [-0.3, -0.25) is 9.78 Å². The van der Waals surface area contributed by atoms with Crippen LogP contribution in [0.5, 0.6) is 0 Å².